The van der Waals surface area contributed by atoms with E-state index >= 15 is 0 Å². The van der Waals surface area contributed by atoms with Crippen LogP contribution < -0.4 is 0 Å². The Kier molecular flexibility index (Phi) is 2.29. The number of aryl methyl sites for hydroxylation is 1. The van der Waals surface area contributed by atoms with Crippen LogP contribution >= 0.6 is 0 Å². The first-order chi connectivity index (χ1) is 6.31. The fraction of sp³-hybridized carbons (Fsp3) is 0.500. The number of rotatable bonds is 1. The topological polar surface area (TPSA) is 42.4 Å². The monoisotopic (exact) mass is 179 g/mol. The number of aliphatic hydroxyl groups excluding tert-OH is 1. The Morgan fingerprint density at radius 1 is 1.69 bits per heavy atom. The quantitative estimate of drug-likeness (QED) is 0.704. The zero-order chi connectivity index (χ0) is 9.26. The lowest BCUT2D eigenvalue weighted by molar-refractivity contribution is 0.00756. The molecule has 0 bridgehead atoms. The molecule has 0 radical (unpaired) electrons. The first-order valence-corrected chi connectivity index (χ1v) is 4.54. The van der Waals surface area contributed by atoms with Crippen LogP contribution in [0.2, 0.25) is 0 Å². The summed E-state index contributed by atoms with van der Waals surface area (Å²) in [7, 11) is 0. The maximum Gasteiger partial charge on any atom is 0.104 e. The third-order valence-corrected chi connectivity index (χ3v) is 2.34. The van der Waals surface area contributed by atoms with Crippen LogP contribution in [0.4, 0.5) is 0 Å². The molecule has 1 aromatic heterocycles. The summed E-state index contributed by atoms with van der Waals surface area (Å²) in [5.41, 5.74) is 2.97. The minimum Gasteiger partial charge on any atom is -0.386 e. The largest absolute Gasteiger partial charge is 0.386 e. The van der Waals surface area contributed by atoms with Crippen molar-refractivity contribution in [1.29, 1.82) is 0 Å². The van der Waals surface area contributed by atoms with Crippen LogP contribution in [-0.2, 0) is 17.8 Å². The number of pyridine rings is 1. The van der Waals surface area contributed by atoms with Gasteiger partial charge in [0.15, 0.2) is 0 Å². The van der Waals surface area contributed by atoms with Crippen LogP contribution in [0.1, 0.15) is 29.8 Å². The average molecular weight is 179 g/mol. The van der Waals surface area contributed by atoms with E-state index in [4.69, 9.17) is 4.74 Å². The van der Waals surface area contributed by atoms with Gasteiger partial charge in [-0.3, -0.25) is 4.98 Å². The lowest BCUT2D eigenvalue weighted by Crippen LogP contribution is -2.17. The lowest BCUT2D eigenvalue weighted by Gasteiger charge is -2.21. The van der Waals surface area contributed by atoms with E-state index < -0.39 is 6.10 Å². The van der Waals surface area contributed by atoms with Gasteiger partial charge in [0.05, 0.1) is 18.9 Å². The first-order valence-electron chi connectivity index (χ1n) is 4.54. The Balaban J connectivity index is 2.41. The van der Waals surface area contributed by atoms with Crippen LogP contribution in [0.5, 0.6) is 0 Å². The Morgan fingerprint density at radius 3 is 3.31 bits per heavy atom. The molecule has 0 spiro atoms. The summed E-state index contributed by atoms with van der Waals surface area (Å²) in [6.45, 7) is 2.99. The minimum atomic E-state index is -0.497. The highest BCUT2D eigenvalue weighted by Gasteiger charge is 2.19. The molecule has 1 aliphatic rings. The van der Waals surface area contributed by atoms with Crippen molar-refractivity contribution in [3.8, 4) is 0 Å². The SMILES string of the molecule is CCc1cnc2c(c1)C(O)COC2. The van der Waals surface area contributed by atoms with E-state index in [0.29, 0.717) is 13.2 Å². The van der Waals surface area contributed by atoms with Gasteiger partial charge in [-0.1, -0.05) is 6.92 Å². The third-order valence-electron chi connectivity index (χ3n) is 2.34. The molecule has 2 heterocycles. The Hall–Kier alpha value is -0.930. The maximum absolute atomic E-state index is 9.62. The highest BCUT2D eigenvalue weighted by Crippen LogP contribution is 2.23. The summed E-state index contributed by atoms with van der Waals surface area (Å²) in [4.78, 5) is 4.26. The van der Waals surface area contributed by atoms with E-state index in [-0.39, 0.29) is 0 Å². The molecular formula is C10H13NO2. The maximum atomic E-state index is 9.62. The van der Waals surface area contributed by atoms with Gasteiger partial charge in [0.1, 0.15) is 6.10 Å². The van der Waals surface area contributed by atoms with Crippen molar-refractivity contribution in [3.05, 3.63) is 29.1 Å². The van der Waals surface area contributed by atoms with Crippen molar-refractivity contribution in [2.24, 2.45) is 0 Å². The van der Waals surface area contributed by atoms with Gasteiger partial charge in [0.25, 0.3) is 0 Å². The van der Waals surface area contributed by atoms with E-state index in [9.17, 15) is 5.11 Å². The fourth-order valence-electron chi connectivity index (χ4n) is 1.52. The van der Waals surface area contributed by atoms with Crippen molar-refractivity contribution in [2.45, 2.75) is 26.1 Å². The van der Waals surface area contributed by atoms with Gasteiger partial charge in [-0.15, -0.1) is 0 Å². The summed E-state index contributed by atoms with van der Waals surface area (Å²) in [6.07, 6.45) is 2.30. The number of aliphatic hydroxyl groups is 1. The molecule has 13 heavy (non-hydrogen) atoms. The summed E-state index contributed by atoms with van der Waals surface area (Å²) < 4.78 is 5.17. The number of hydrogen-bond donors (Lipinski definition) is 1. The number of aromatic nitrogens is 1. The van der Waals surface area contributed by atoms with E-state index in [1.165, 1.54) is 5.56 Å². The molecule has 1 N–H and O–H groups in total. The number of nitrogens with zero attached hydrogens (tertiary/aromatic N) is 1. The molecule has 0 saturated carbocycles. The summed E-state index contributed by atoms with van der Waals surface area (Å²) in [5, 5.41) is 9.62. The van der Waals surface area contributed by atoms with Crippen LogP contribution in [0.25, 0.3) is 0 Å². The molecule has 0 saturated heterocycles. The Morgan fingerprint density at radius 2 is 2.54 bits per heavy atom. The first kappa shape index (κ1) is 8.66. The number of hydrogen-bond acceptors (Lipinski definition) is 3. The average Bonchev–Trinajstić information content (AvgIpc) is 2.18. The van der Waals surface area contributed by atoms with Gasteiger partial charge in [-0.05, 0) is 18.1 Å². The van der Waals surface area contributed by atoms with E-state index in [2.05, 4.69) is 11.9 Å². The second-order valence-corrected chi connectivity index (χ2v) is 3.26. The Labute approximate surface area is 77.4 Å². The molecule has 1 unspecified atom stereocenters. The Bertz CT molecular complexity index is 312. The smallest absolute Gasteiger partial charge is 0.104 e. The van der Waals surface area contributed by atoms with Crippen LogP contribution in [0.3, 0.4) is 0 Å². The van der Waals surface area contributed by atoms with E-state index in [0.717, 1.165) is 17.7 Å². The summed E-state index contributed by atoms with van der Waals surface area (Å²) >= 11 is 0. The zero-order valence-corrected chi connectivity index (χ0v) is 7.66. The molecule has 1 aromatic rings. The van der Waals surface area contributed by atoms with Crippen LogP contribution in [-0.4, -0.2) is 16.7 Å². The van der Waals surface area contributed by atoms with Gasteiger partial charge in [-0.25, -0.2) is 0 Å². The van der Waals surface area contributed by atoms with Crippen molar-refractivity contribution in [1.82, 2.24) is 4.98 Å². The van der Waals surface area contributed by atoms with Crippen molar-refractivity contribution in [2.75, 3.05) is 6.61 Å². The van der Waals surface area contributed by atoms with Crippen molar-refractivity contribution < 1.29 is 9.84 Å². The van der Waals surface area contributed by atoms with Gasteiger partial charge in [-0.2, -0.15) is 0 Å². The molecular weight excluding hydrogens is 166 g/mol. The molecule has 0 aromatic carbocycles. The van der Waals surface area contributed by atoms with Crippen molar-refractivity contribution in [3.63, 3.8) is 0 Å². The predicted octanol–water partition coefficient (Wildman–Crippen LogP) is 1.21. The molecule has 1 atom stereocenters. The fourth-order valence-corrected chi connectivity index (χ4v) is 1.52. The summed E-state index contributed by atoms with van der Waals surface area (Å²) in [5.74, 6) is 0. The molecule has 1 aliphatic heterocycles. The van der Waals surface area contributed by atoms with Crippen molar-refractivity contribution >= 4 is 0 Å². The molecule has 3 nitrogen and oxygen atoms in total. The van der Waals surface area contributed by atoms with Crippen LogP contribution in [0, 0.1) is 0 Å². The van der Waals surface area contributed by atoms with Gasteiger partial charge < -0.3 is 9.84 Å². The lowest BCUT2D eigenvalue weighted by atomic mass is 10.0. The third kappa shape index (κ3) is 1.57. The van der Waals surface area contributed by atoms with E-state index in [1.54, 1.807) is 0 Å². The highest BCUT2D eigenvalue weighted by molar-refractivity contribution is 5.28. The standard InChI is InChI=1S/C10H13NO2/c1-2-7-3-8-9(11-4-7)5-13-6-10(8)12/h3-4,10,12H,2,5-6H2,1H3. The molecule has 0 amide bonds. The molecule has 0 fully saturated rings. The van der Waals surface area contributed by atoms with E-state index in [1.807, 2.05) is 12.3 Å². The van der Waals surface area contributed by atoms with Gasteiger partial charge in [0, 0.05) is 11.8 Å². The molecule has 70 valence electrons. The summed E-state index contributed by atoms with van der Waals surface area (Å²) in [6, 6.07) is 2.02. The zero-order valence-electron chi connectivity index (χ0n) is 7.66. The molecule has 2 rings (SSSR count). The van der Waals surface area contributed by atoms with Gasteiger partial charge >= 0.3 is 0 Å². The molecule has 0 aliphatic carbocycles. The number of fused-ring (bicyclic) bond motifs is 1. The number of ether oxygens (including phenoxy) is 1. The minimum absolute atomic E-state index is 0.391. The van der Waals surface area contributed by atoms with Gasteiger partial charge in [0.2, 0.25) is 0 Å². The highest BCUT2D eigenvalue weighted by atomic mass is 16.5. The molecule has 3 heteroatoms. The second-order valence-electron chi connectivity index (χ2n) is 3.26. The normalized spacial score (nSPS) is 21.2. The predicted molar refractivity (Wildman–Crippen MR) is 48.2 cm³/mol. The second kappa shape index (κ2) is 3.44. The van der Waals surface area contributed by atoms with Crippen LogP contribution in [0.15, 0.2) is 12.3 Å².